The first-order valence-electron chi connectivity index (χ1n) is 11.1. The highest BCUT2D eigenvalue weighted by atomic mass is 19.1. The predicted molar refractivity (Wildman–Crippen MR) is 121 cm³/mol. The molecule has 1 saturated heterocycles. The molecular weight excluding hydrogens is 405 g/mol. The van der Waals surface area contributed by atoms with E-state index in [1.807, 2.05) is 23.2 Å². The summed E-state index contributed by atoms with van der Waals surface area (Å²) >= 11 is 0. The van der Waals surface area contributed by atoms with Crippen LogP contribution >= 0.6 is 0 Å². The smallest absolute Gasteiger partial charge is 0.223 e. The van der Waals surface area contributed by atoms with Crippen molar-refractivity contribution in [3.05, 3.63) is 72.4 Å². The van der Waals surface area contributed by atoms with E-state index in [1.165, 1.54) is 12.1 Å². The number of nitrogens with zero attached hydrogens (tertiary/aromatic N) is 4. The molecule has 1 aliphatic heterocycles. The van der Waals surface area contributed by atoms with Gasteiger partial charge in [0.25, 0.3) is 0 Å². The van der Waals surface area contributed by atoms with E-state index in [9.17, 15) is 9.18 Å². The van der Waals surface area contributed by atoms with Gasteiger partial charge in [0.1, 0.15) is 5.82 Å². The molecule has 2 atom stereocenters. The SMILES string of the molecule is C[C@H]1C[C@@H](Cn2ccc3nc(-c4cn[nH]c4)ccc32)CN1C(=O)CCc1ccc(F)cc1. The van der Waals surface area contributed by atoms with Gasteiger partial charge in [0.15, 0.2) is 0 Å². The number of amides is 1. The van der Waals surface area contributed by atoms with Gasteiger partial charge in [-0.3, -0.25) is 9.89 Å². The van der Waals surface area contributed by atoms with Gasteiger partial charge in [0.05, 0.1) is 22.9 Å². The Balaban J connectivity index is 1.22. The summed E-state index contributed by atoms with van der Waals surface area (Å²) in [7, 11) is 0. The molecule has 6 nitrogen and oxygen atoms in total. The number of aromatic nitrogens is 4. The van der Waals surface area contributed by atoms with Crippen molar-refractivity contribution >= 4 is 16.9 Å². The number of benzene rings is 1. The van der Waals surface area contributed by atoms with E-state index in [0.29, 0.717) is 18.8 Å². The number of aryl methyl sites for hydroxylation is 1. The Bertz CT molecular complexity index is 1220. The third-order valence-electron chi connectivity index (χ3n) is 6.40. The zero-order chi connectivity index (χ0) is 22.1. The predicted octanol–water partition coefficient (Wildman–Crippen LogP) is 4.44. The van der Waals surface area contributed by atoms with Gasteiger partial charge in [-0.2, -0.15) is 5.10 Å². The average molecular weight is 432 g/mol. The highest BCUT2D eigenvalue weighted by Gasteiger charge is 2.32. The first kappa shape index (κ1) is 20.4. The number of carbonyl (C=O) groups excluding carboxylic acids is 1. The molecule has 1 amide bonds. The number of halogens is 1. The number of nitrogens with one attached hydrogen (secondary N) is 1. The maximum Gasteiger partial charge on any atom is 0.223 e. The van der Waals surface area contributed by atoms with Crippen LogP contribution in [0.4, 0.5) is 4.39 Å². The van der Waals surface area contributed by atoms with E-state index in [1.54, 1.807) is 18.3 Å². The fourth-order valence-electron chi connectivity index (χ4n) is 4.73. The highest BCUT2D eigenvalue weighted by Crippen LogP contribution is 2.28. The van der Waals surface area contributed by atoms with Crippen LogP contribution in [0.1, 0.15) is 25.3 Å². The number of H-pyrrole nitrogens is 1. The molecule has 164 valence electrons. The minimum absolute atomic E-state index is 0.174. The van der Waals surface area contributed by atoms with Gasteiger partial charge in [-0.05, 0) is 61.6 Å². The van der Waals surface area contributed by atoms with E-state index in [0.717, 1.165) is 47.4 Å². The molecule has 1 aromatic carbocycles. The molecule has 0 bridgehead atoms. The molecule has 7 heteroatoms. The van der Waals surface area contributed by atoms with Crippen LogP contribution < -0.4 is 0 Å². The Hall–Kier alpha value is -3.48. The minimum Gasteiger partial charge on any atom is -0.346 e. The van der Waals surface area contributed by atoms with E-state index < -0.39 is 0 Å². The molecule has 0 aliphatic carbocycles. The number of hydrogen-bond donors (Lipinski definition) is 1. The standard InChI is InChI=1S/C25H26FN5O/c1-17-12-19(16-31(17)25(32)9-4-18-2-5-21(26)6-3-18)15-30-11-10-23-24(30)8-7-22(29-23)20-13-27-28-14-20/h2-3,5-8,10-11,13-14,17,19H,4,9,12,15-16H2,1H3,(H,27,28)/t17-,19-/m0/s1. The van der Waals surface area contributed by atoms with Gasteiger partial charge < -0.3 is 9.47 Å². The number of hydrogen-bond acceptors (Lipinski definition) is 3. The van der Waals surface area contributed by atoms with Crippen molar-refractivity contribution in [2.75, 3.05) is 6.54 Å². The largest absolute Gasteiger partial charge is 0.346 e. The van der Waals surface area contributed by atoms with Gasteiger partial charge in [-0.25, -0.2) is 9.37 Å². The monoisotopic (exact) mass is 431 g/mol. The third kappa shape index (κ3) is 4.15. The van der Waals surface area contributed by atoms with Crippen LogP contribution in [0.15, 0.2) is 61.1 Å². The number of pyridine rings is 1. The Kier molecular flexibility index (Phi) is 5.47. The molecule has 0 unspecified atom stereocenters. The van der Waals surface area contributed by atoms with Crippen LogP contribution in [0.3, 0.4) is 0 Å². The zero-order valence-electron chi connectivity index (χ0n) is 18.0. The van der Waals surface area contributed by atoms with Crippen LogP contribution in [0.25, 0.3) is 22.3 Å². The second-order valence-electron chi connectivity index (χ2n) is 8.68. The third-order valence-corrected chi connectivity index (χ3v) is 6.40. The van der Waals surface area contributed by atoms with Crippen LogP contribution in [-0.4, -0.2) is 43.1 Å². The Labute approximate surface area is 186 Å². The van der Waals surface area contributed by atoms with Gasteiger partial charge in [0, 0.05) is 43.5 Å². The number of carbonyl (C=O) groups is 1. The van der Waals surface area contributed by atoms with E-state index in [2.05, 4.69) is 34.0 Å². The lowest BCUT2D eigenvalue weighted by Gasteiger charge is -2.21. The first-order valence-corrected chi connectivity index (χ1v) is 11.1. The van der Waals surface area contributed by atoms with Gasteiger partial charge in [-0.15, -0.1) is 0 Å². The molecule has 0 saturated carbocycles. The fourth-order valence-corrected chi connectivity index (χ4v) is 4.73. The molecular formula is C25H26FN5O. The summed E-state index contributed by atoms with van der Waals surface area (Å²) in [6, 6.07) is 12.8. The molecule has 32 heavy (non-hydrogen) atoms. The Morgan fingerprint density at radius 2 is 2.03 bits per heavy atom. The summed E-state index contributed by atoms with van der Waals surface area (Å²) in [5.74, 6) is 0.332. The number of aromatic amines is 1. The molecule has 5 rings (SSSR count). The molecule has 0 radical (unpaired) electrons. The summed E-state index contributed by atoms with van der Waals surface area (Å²) in [6.07, 6.45) is 7.78. The van der Waals surface area contributed by atoms with Crippen LogP contribution in [0.5, 0.6) is 0 Å². The van der Waals surface area contributed by atoms with Gasteiger partial charge >= 0.3 is 0 Å². The maximum absolute atomic E-state index is 13.1. The van der Waals surface area contributed by atoms with Gasteiger partial charge in [-0.1, -0.05) is 12.1 Å². The lowest BCUT2D eigenvalue weighted by atomic mass is 10.1. The average Bonchev–Trinajstić information content (AvgIpc) is 3.54. The molecule has 1 fully saturated rings. The van der Waals surface area contributed by atoms with Crippen molar-refractivity contribution in [2.45, 2.75) is 38.8 Å². The summed E-state index contributed by atoms with van der Waals surface area (Å²) in [4.78, 5) is 19.6. The lowest BCUT2D eigenvalue weighted by Crippen LogP contribution is -2.34. The van der Waals surface area contributed by atoms with Crippen molar-refractivity contribution in [3.8, 4) is 11.3 Å². The quantitative estimate of drug-likeness (QED) is 0.491. The number of likely N-dealkylation sites (tertiary alicyclic amines) is 1. The van der Waals surface area contributed by atoms with Gasteiger partial charge in [0.2, 0.25) is 5.91 Å². The second kappa shape index (κ2) is 8.57. The van der Waals surface area contributed by atoms with Crippen molar-refractivity contribution < 1.29 is 9.18 Å². The fraction of sp³-hybridized carbons (Fsp3) is 0.320. The second-order valence-corrected chi connectivity index (χ2v) is 8.68. The molecule has 3 aromatic heterocycles. The molecule has 0 spiro atoms. The summed E-state index contributed by atoms with van der Waals surface area (Å²) in [5, 5.41) is 6.82. The van der Waals surface area contributed by atoms with Crippen LogP contribution in [0, 0.1) is 11.7 Å². The van der Waals surface area contributed by atoms with Crippen molar-refractivity contribution in [2.24, 2.45) is 5.92 Å². The van der Waals surface area contributed by atoms with Crippen molar-refractivity contribution in [3.63, 3.8) is 0 Å². The minimum atomic E-state index is -0.249. The van der Waals surface area contributed by atoms with Crippen molar-refractivity contribution in [1.29, 1.82) is 0 Å². The molecule has 4 heterocycles. The number of rotatable bonds is 6. The lowest BCUT2D eigenvalue weighted by molar-refractivity contribution is -0.131. The topological polar surface area (TPSA) is 66.8 Å². The molecule has 4 aromatic rings. The highest BCUT2D eigenvalue weighted by molar-refractivity contribution is 5.79. The number of fused-ring (bicyclic) bond motifs is 1. The summed E-state index contributed by atoms with van der Waals surface area (Å²) < 4.78 is 15.3. The van der Waals surface area contributed by atoms with Crippen molar-refractivity contribution in [1.82, 2.24) is 24.6 Å². The van der Waals surface area contributed by atoms with E-state index >= 15 is 0 Å². The Morgan fingerprint density at radius 3 is 2.81 bits per heavy atom. The normalized spacial score (nSPS) is 18.5. The zero-order valence-corrected chi connectivity index (χ0v) is 18.0. The first-order chi connectivity index (χ1) is 15.6. The van der Waals surface area contributed by atoms with Crippen LogP contribution in [-0.2, 0) is 17.8 Å². The summed E-state index contributed by atoms with van der Waals surface area (Å²) in [6.45, 7) is 3.76. The Morgan fingerprint density at radius 1 is 1.19 bits per heavy atom. The van der Waals surface area contributed by atoms with E-state index in [4.69, 9.17) is 4.98 Å². The maximum atomic E-state index is 13.1. The summed E-state index contributed by atoms with van der Waals surface area (Å²) in [5.41, 5.74) is 4.92. The van der Waals surface area contributed by atoms with E-state index in [-0.39, 0.29) is 17.8 Å². The van der Waals surface area contributed by atoms with Crippen LogP contribution in [0.2, 0.25) is 0 Å². The molecule has 1 aliphatic rings. The molecule has 1 N–H and O–H groups in total.